The van der Waals surface area contributed by atoms with Crippen LogP contribution in [0, 0.1) is 5.92 Å². The molecule has 4 atom stereocenters. The highest BCUT2D eigenvalue weighted by atomic mass is 32.2. The van der Waals surface area contributed by atoms with Crippen molar-refractivity contribution in [3.63, 3.8) is 0 Å². The van der Waals surface area contributed by atoms with Crippen LogP contribution in [0.5, 0.6) is 0 Å². The first-order chi connectivity index (χ1) is 16.1. The number of fused-ring (bicyclic) bond motifs is 2. The Morgan fingerprint density at radius 2 is 1.91 bits per heavy atom. The first-order valence-electron chi connectivity index (χ1n) is 10.9. The molecule has 0 spiro atoms. The van der Waals surface area contributed by atoms with E-state index in [2.05, 4.69) is 15.0 Å². The molecule has 3 heterocycles. The fourth-order valence-corrected chi connectivity index (χ4v) is 5.69. The number of anilines is 3. The van der Waals surface area contributed by atoms with Gasteiger partial charge >= 0.3 is 0 Å². The number of rotatable bonds is 4. The molecule has 1 aliphatic heterocycles. The van der Waals surface area contributed by atoms with Gasteiger partial charge in [0.1, 0.15) is 34.8 Å². The topological polar surface area (TPSA) is 169 Å². The number of aliphatic hydroxyl groups is 2. The lowest BCUT2D eigenvalue weighted by atomic mass is 10.0. The number of nitrogen functional groups attached to an aromatic ring is 2. The number of pyridine rings is 1. The van der Waals surface area contributed by atoms with Gasteiger partial charge in [-0.2, -0.15) is 0 Å². The van der Waals surface area contributed by atoms with Crippen LogP contribution in [0.2, 0.25) is 0 Å². The summed E-state index contributed by atoms with van der Waals surface area (Å²) >= 11 is 0. The average molecular weight is 483 g/mol. The molecule has 34 heavy (non-hydrogen) atoms. The van der Waals surface area contributed by atoms with E-state index in [4.69, 9.17) is 11.5 Å². The number of aromatic nitrogens is 3. The van der Waals surface area contributed by atoms with Gasteiger partial charge in [0.25, 0.3) is 0 Å². The summed E-state index contributed by atoms with van der Waals surface area (Å²) in [6.07, 6.45) is 5.67. The summed E-state index contributed by atoms with van der Waals surface area (Å²) in [5, 5.41) is 22.1. The molecule has 0 amide bonds. The van der Waals surface area contributed by atoms with E-state index in [1.165, 1.54) is 12.4 Å². The highest BCUT2D eigenvalue weighted by Crippen LogP contribution is 2.38. The predicted octanol–water partition coefficient (Wildman–Crippen LogP) is 0.779. The maximum atomic E-state index is 11.9. The van der Waals surface area contributed by atoms with Crippen molar-refractivity contribution < 1.29 is 18.6 Å². The van der Waals surface area contributed by atoms with Gasteiger partial charge in [0.05, 0.1) is 17.7 Å². The maximum Gasteiger partial charge on any atom is 0.179 e. The van der Waals surface area contributed by atoms with Gasteiger partial charge in [0.15, 0.2) is 9.84 Å². The second-order valence-corrected chi connectivity index (χ2v) is 10.9. The van der Waals surface area contributed by atoms with Gasteiger partial charge in [0.2, 0.25) is 0 Å². The minimum Gasteiger partial charge on any atom is -0.390 e. The lowest BCUT2D eigenvalue weighted by molar-refractivity contribution is 0.0229. The summed E-state index contributed by atoms with van der Waals surface area (Å²) < 4.78 is 23.8. The van der Waals surface area contributed by atoms with Crippen molar-refractivity contribution in [3.8, 4) is 0 Å². The van der Waals surface area contributed by atoms with Gasteiger partial charge in [-0.15, -0.1) is 0 Å². The summed E-state index contributed by atoms with van der Waals surface area (Å²) in [6, 6.07) is 6.66. The molecule has 0 bridgehead atoms. The summed E-state index contributed by atoms with van der Waals surface area (Å²) in [6.45, 7) is 0.663. The van der Waals surface area contributed by atoms with Crippen LogP contribution in [0.3, 0.4) is 0 Å². The molecule has 0 saturated heterocycles. The number of benzene rings is 1. The third kappa shape index (κ3) is 3.85. The standard InChI is InChI=1S/C23H26N6O4S/c1-34(32,33)18-10-13-4-2-12(8-16(13)28-22(18)25)3-5-14-9-17(20(31)19(14)30)29-7-6-15-21(24)26-11-27-23(15)29/h2-5,8,10-11,14,17,19-20,30-31H,6-7,9H2,1H3,(H2,25,28)(H2,24,26,27)/b5-3+/t14?,17?,19?,20-/m1/s1. The van der Waals surface area contributed by atoms with E-state index >= 15 is 0 Å². The summed E-state index contributed by atoms with van der Waals surface area (Å²) in [5.74, 6) is 0.874. The zero-order valence-electron chi connectivity index (χ0n) is 18.5. The molecule has 5 rings (SSSR count). The molecule has 3 aromatic rings. The number of nitrogens with two attached hydrogens (primary N) is 2. The maximum absolute atomic E-state index is 11.9. The molecule has 11 heteroatoms. The molecular weight excluding hydrogens is 456 g/mol. The molecule has 1 aliphatic carbocycles. The summed E-state index contributed by atoms with van der Waals surface area (Å²) in [7, 11) is -3.47. The van der Waals surface area contributed by atoms with Crippen molar-refractivity contribution in [1.29, 1.82) is 0 Å². The number of sulfone groups is 1. The van der Waals surface area contributed by atoms with E-state index in [1.807, 2.05) is 23.1 Å². The van der Waals surface area contributed by atoms with E-state index in [1.54, 1.807) is 12.1 Å². The zero-order chi connectivity index (χ0) is 24.2. The van der Waals surface area contributed by atoms with Gasteiger partial charge in [-0.3, -0.25) is 0 Å². The number of nitrogens with zero attached hydrogens (tertiary/aromatic N) is 4. The average Bonchev–Trinajstić information content (AvgIpc) is 3.33. The second-order valence-electron chi connectivity index (χ2n) is 8.91. The SMILES string of the molecule is CS(=O)(=O)c1cc2ccc(/C=C/C3CC(N4CCc5c(N)ncnc54)[C@@H](O)C3O)cc2nc1N. The lowest BCUT2D eigenvalue weighted by Gasteiger charge is -2.28. The Labute approximate surface area is 196 Å². The highest BCUT2D eigenvalue weighted by Gasteiger charge is 2.45. The third-order valence-electron chi connectivity index (χ3n) is 6.70. The van der Waals surface area contributed by atoms with Crippen molar-refractivity contribution in [2.75, 3.05) is 29.2 Å². The van der Waals surface area contributed by atoms with Gasteiger partial charge in [-0.1, -0.05) is 24.3 Å². The quantitative estimate of drug-likeness (QED) is 0.417. The minimum absolute atomic E-state index is 0.00733. The zero-order valence-corrected chi connectivity index (χ0v) is 19.4. The normalized spacial score (nSPS) is 24.9. The smallest absolute Gasteiger partial charge is 0.179 e. The van der Waals surface area contributed by atoms with Crippen molar-refractivity contribution in [3.05, 3.63) is 47.8 Å². The van der Waals surface area contributed by atoms with Crippen LogP contribution in [0.15, 0.2) is 41.6 Å². The molecule has 2 aliphatic rings. The van der Waals surface area contributed by atoms with Crippen LogP contribution < -0.4 is 16.4 Å². The van der Waals surface area contributed by atoms with Crippen LogP contribution in [-0.2, 0) is 16.3 Å². The molecule has 178 valence electrons. The van der Waals surface area contributed by atoms with E-state index in [-0.39, 0.29) is 22.7 Å². The van der Waals surface area contributed by atoms with Crippen molar-refractivity contribution in [2.24, 2.45) is 5.92 Å². The number of hydrogen-bond donors (Lipinski definition) is 4. The van der Waals surface area contributed by atoms with Gasteiger partial charge in [-0.25, -0.2) is 23.4 Å². The van der Waals surface area contributed by atoms with Crippen LogP contribution in [0.1, 0.15) is 17.5 Å². The Hall–Kier alpha value is -3.28. The minimum atomic E-state index is -3.47. The predicted molar refractivity (Wildman–Crippen MR) is 130 cm³/mol. The monoisotopic (exact) mass is 482 g/mol. The van der Waals surface area contributed by atoms with E-state index in [9.17, 15) is 18.6 Å². The Morgan fingerprint density at radius 1 is 1.12 bits per heavy atom. The van der Waals surface area contributed by atoms with Crippen molar-refractivity contribution in [2.45, 2.75) is 36.0 Å². The fourth-order valence-electron chi connectivity index (χ4n) is 4.92. The van der Waals surface area contributed by atoms with Gasteiger partial charge in [-0.05, 0) is 30.5 Å². The van der Waals surface area contributed by atoms with Crippen LogP contribution in [0.4, 0.5) is 17.5 Å². The Morgan fingerprint density at radius 3 is 2.68 bits per heavy atom. The van der Waals surface area contributed by atoms with Crippen LogP contribution in [0.25, 0.3) is 17.0 Å². The van der Waals surface area contributed by atoms with E-state index in [0.717, 1.165) is 23.2 Å². The molecule has 3 unspecified atom stereocenters. The Kier molecular flexibility index (Phi) is 5.42. The van der Waals surface area contributed by atoms with Gasteiger partial charge < -0.3 is 26.6 Å². The van der Waals surface area contributed by atoms with E-state index in [0.29, 0.717) is 36.1 Å². The Balaban J connectivity index is 1.37. The van der Waals surface area contributed by atoms with Crippen LogP contribution >= 0.6 is 0 Å². The molecule has 0 radical (unpaired) electrons. The summed E-state index contributed by atoms with van der Waals surface area (Å²) in [5.41, 5.74) is 14.1. The fraction of sp³-hybridized carbons (Fsp3) is 0.348. The first-order valence-corrected chi connectivity index (χ1v) is 12.8. The molecule has 6 N–H and O–H groups in total. The van der Waals surface area contributed by atoms with Crippen molar-refractivity contribution in [1.82, 2.24) is 15.0 Å². The number of aliphatic hydroxyl groups excluding tert-OH is 2. The van der Waals surface area contributed by atoms with E-state index < -0.39 is 22.0 Å². The molecule has 1 fully saturated rings. The molecular formula is C23H26N6O4S. The van der Waals surface area contributed by atoms with Gasteiger partial charge in [0, 0.05) is 29.7 Å². The first kappa shape index (κ1) is 22.5. The Bertz CT molecular complexity index is 1410. The van der Waals surface area contributed by atoms with Crippen molar-refractivity contribution >= 4 is 44.3 Å². The molecule has 10 nitrogen and oxygen atoms in total. The molecule has 2 aromatic heterocycles. The number of hydrogen-bond acceptors (Lipinski definition) is 10. The third-order valence-corrected chi connectivity index (χ3v) is 7.82. The molecule has 1 saturated carbocycles. The van der Waals surface area contributed by atoms with Crippen LogP contribution in [-0.4, -0.2) is 64.6 Å². The highest BCUT2D eigenvalue weighted by molar-refractivity contribution is 7.90. The summed E-state index contributed by atoms with van der Waals surface area (Å²) in [4.78, 5) is 14.7. The largest absolute Gasteiger partial charge is 0.390 e. The lowest BCUT2D eigenvalue weighted by Crippen LogP contribution is -2.43. The second kappa shape index (κ2) is 8.19. The molecule has 1 aromatic carbocycles.